The molecule has 5 nitrogen and oxygen atoms in total. The summed E-state index contributed by atoms with van der Waals surface area (Å²) in [6.07, 6.45) is 1.34. The van der Waals surface area contributed by atoms with Crippen LogP contribution in [0.5, 0.6) is 0 Å². The Morgan fingerprint density at radius 3 is 2.96 bits per heavy atom. The van der Waals surface area contributed by atoms with Gasteiger partial charge in [0.1, 0.15) is 5.82 Å². The average Bonchev–Trinajstić information content (AvgIpc) is 2.97. The summed E-state index contributed by atoms with van der Waals surface area (Å²) in [6.45, 7) is 6.96. The summed E-state index contributed by atoms with van der Waals surface area (Å²) in [5.74, 6) is -0.270. The zero-order valence-corrected chi connectivity index (χ0v) is 14.7. The number of carbonyl (C=O) groups excluding carboxylic acids is 1. The van der Waals surface area contributed by atoms with Gasteiger partial charge in [0.25, 0.3) is 5.91 Å². The van der Waals surface area contributed by atoms with Crippen LogP contribution in [0.25, 0.3) is 0 Å². The van der Waals surface area contributed by atoms with Gasteiger partial charge in [0.05, 0.1) is 17.9 Å². The number of benzene rings is 1. The maximum atomic E-state index is 13.6. The second-order valence-electron chi connectivity index (χ2n) is 7.09. The average molecular weight is 343 g/mol. The number of nitrogens with zero attached hydrogens (tertiary/aromatic N) is 2. The van der Waals surface area contributed by atoms with Gasteiger partial charge in [-0.1, -0.05) is 0 Å². The Labute approximate surface area is 146 Å². The highest BCUT2D eigenvalue weighted by molar-refractivity contribution is 5.94. The third-order valence-corrected chi connectivity index (χ3v) is 5.25. The standard InChI is InChI=1S/C19H22FN3O2/c1-10-6-14(20)8-13-4-5-23(9-16(10)13)19(24)18-15-7-11(2)25-12(3)17(15)21-22-18/h6,8,11-12H,4-5,7,9H2,1-3H3,(H,21,22)/t11-,12+/m1/s1. The van der Waals surface area contributed by atoms with Crippen molar-refractivity contribution >= 4 is 5.91 Å². The van der Waals surface area contributed by atoms with Gasteiger partial charge < -0.3 is 9.64 Å². The summed E-state index contributed by atoms with van der Waals surface area (Å²) in [7, 11) is 0. The van der Waals surface area contributed by atoms with Gasteiger partial charge in [-0.05, 0) is 56.0 Å². The molecule has 2 atom stereocenters. The molecule has 132 valence electrons. The molecule has 3 heterocycles. The number of hydrogen-bond acceptors (Lipinski definition) is 3. The summed E-state index contributed by atoms with van der Waals surface area (Å²) in [4.78, 5) is 14.9. The Hall–Kier alpha value is -2.21. The topological polar surface area (TPSA) is 58.2 Å². The van der Waals surface area contributed by atoms with Crippen LogP contribution in [0.15, 0.2) is 12.1 Å². The molecule has 2 aromatic rings. The van der Waals surface area contributed by atoms with E-state index in [4.69, 9.17) is 4.74 Å². The number of ether oxygens (including phenoxy) is 1. The van der Waals surface area contributed by atoms with E-state index in [1.807, 2.05) is 25.7 Å². The summed E-state index contributed by atoms with van der Waals surface area (Å²) < 4.78 is 19.4. The minimum Gasteiger partial charge on any atom is -0.369 e. The summed E-state index contributed by atoms with van der Waals surface area (Å²) >= 11 is 0. The van der Waals surface area contributed by atoms with Crippen LogP contribution in [-0.2, 0) is 24.1 Å². The zero-order valence-electron chi connectivity index (χ0n) is 14.7. The number of rotatable bonds is 1. The molecule has 6 heteroatoms. The number of aromatic amines is 1. The van der Waals surface area contributed by atoms with Gasteiger partial charge >= 0.3 is 0 Å². The van der Waals surface area contributed by atoms with Crippen molar-refractivity contribution in [1.82, 2.24) is 15.1 Å². The predicted molar refractivity (Wildman–Crippen MR) is 90.8 cm³/mol. The number of aromatic nitrogens is 2. The van der Waals surface area contributed by atoms with E-state index in [9.17, 15) is 9.18 Å². The fraction of sp³-hybridized carbons (Fsp3) is 0.474. The molecule has 4 rings (SSSR count). The van der Waals surface area contributed by atoms with Crippen LogP contribution in [0, 0.1) is 12.7 Å². The third-order valence-electron chi connectivity index (χ3n) is 5.25. The molecule has 0 bridgehead atoms. The Morgan fingerprint density at radius 2 is 2.16 bits per heavy atom. The fourth-order valence-corrected chi connectivity index (χ4v) is 3.99. The molecule has 0 unspecified atom stereocenters. The molecule has 1 N–H and O–H groups in total. The molecular formula is C19H22FN3O2. The summed E-state index contributed by atoms with van der Waals surface area (Å²) in [5, 5.41) is 7.28. The first kappa shape index (κ1) is 16.3. The Bertz CT molecular complexity index is 845. The van der Waals surface area contributed by atoms with Gasteiger partial charge in [0.15, 0.2) is 5.69 Å². The van der Waals surface area contributed by atoms with Gasteiger partial charge in [0.2, 0.25) is 0 Å². The van der Waals surface area contributed by atoms with E-state index in [0.29, 0.717) is 31.6 Å². The predicted octanol–water partition coefficient (Wildman–Crippen LogP) is 3.08. The van der Waals surface area contributed by atoms with E-state index in [0.717, 1.165) is 27.9 Å². The molecule has 0 fully saturated rings. The number of nitrogens with one attached hydrogen (secondary N) is 1. The van der Waals surface area contributed by atoms with Crippen molar-refractivity contribution in [3.05, 3.63) is 51.6 Å². The van der Waals surface area contributed by atoms with Crippen LogP contribution in [0.3, 0.4) is 0 Å². The van der Waals surface area contributed by atoms with E-state index in [1.165, 1.54) is 6.07 Å². The first-order chi connectivity index (χ1) is 11.9. The van der Waals surface area contributed by atoms with Crippen molar-refractivity contribution in [1.29, 1.82) is 0 Å². The molecule has 1 amide bonds. The maximum Gasteiger partial charge on any atom is 0.274 e. The van der Waals surface area contributed by atoms with Crippen LogP contribution in [-0.4, -0.2) is 33.7 Å². The molecule has 25 heavy (non-hydrogen) atoms. The highest BCUT2D eigenvalue weighted by Gasteiger charge is 2.32. The quantitative estimate of drug-likeness (QED) is 0.866. The van der Waals surface area contributed by atoms with Crippen LogP contribution in [0.4, 0.5) is 4.39 Å². The van der Waals surface area contributed by atoms with Crippen molar-refractivity contribution in [2.45, 2.75) is 52.4 Å². The molecular weight excluding hydrogens is 321 g/mol. The fourth-order valence-electron chi connectivity index (χ4n) is 3.99. The van der Waals surface area contributed by atoms with E-state index in [1.54, 1.807) is 6.07 Å². The summed E-state index contributed by atoms with van der Waals surface area (Å²) in [5.41, 5.74) is 5.32. The van der Waals surface area contributed by atoms with Gasteiger partial charge in [-0.25, -0.2) is 4.39 Å². The van der Waals surface area contributed by atoms with E-state index in [-0.39, 0.29) is 23.9 Å². The number of fused-ring (bicyclic) bond motifs is 2. The van der Waals surface area contributed by atoms with Gasteiger partial charge in [-0.3, -0.25) is 9.89 Å². The number of amides is 1. The largest absolute Gasteiger partial charge is 0.369 e. The lowest BCUT2D eigenvalue weighted by molar-refractivity contribution is -0.00702. The summed E-state index contributed by atoms with van der Waals surface area (Å²) in [6, 6.07) is 3.12. The van der Waals surface area contributed by atoms with Crippen molar-refractivity contribution in [2.24, 2.45) is 0 Å². The number of hydrogen-bond donors (Lipinski definition) is 1. The molecule has 0 saturated heterocycles. The first-order valence-electron chi connectivity index (χ1n) is 8.73. The number of carbonyl (C=O) groups is 1. The second kappa shape index (κ2) is 5.95. The smallest absolute Gasteiger partial charge is 0.274 e. The van der Waals surface area contributed by atoms with E-state index < -0.39 is 0 Å². The van der Waals surface area contributed by atoms with Crippen LogP contribution >= 0.6 is 0 Å². The number of aryl methyl sites for hydroxylation is 1. The molecule has 0 aliphatic carbocycles. The molecule has 1 aromatic heterocycles. The van der Waals surface area contributed by atoms with Gasteiger partial charge in [-0.15, -0.1) is 0 Å². The van der Waals surface area contributed by atoms with Crippen molar-refractivity contribution in [3.63, 3.8) is 0 Å². The monoisotopic (exact) mass is 343 g/mol. The molecule has 0 saturated carbocycles. The van der Waals surface area contributed by atoms with E-state index in [2.05, 4.69) is 10.2 Å². The molecule has 1 aromatic carbocycles. The first-order valence-corrected chi connectivity index (χ1v) is 8.73. The maximum absolute atomic E-state index is 13.6. The van der Waals surface area contributed by atoms with Crippen LogP contribution in [0.1, 0.15) is 58.4 Å². The van der Waals surface area contributed by atoms with Crippen molar-refractivity contribution in [2.75, 3.05) is 6.54 Å². The van der Waals surface area contributed by atoms with Crippen molar-refractivity contribution in [3.8, 4) is 0 Å². The normalized spacial score (nSPS) is 22.5. The van der Waals surface area contributed by atoms with Crippen LogP contribution < -0.4 is 0 Å². The number of halogens is 1. The zero-order chi connectivity index (χ0) is 17.7. The Morgan fingerprint density at radius 1 is 1.36 bits per heavy atom. The molecule has 0 radical (unpaired) electrons. The minimum atomic E-state index is -0.208. The van der Waals surface area contributed by atoms with Gasteiger partial charge in [0, 0.05) is 25.1 Å². The number of H-pyrrole nitrogens is 1. The molecule has 0 spiro atoms. The molecule has 2 aliphatic rings. The SMILES string of the molecule is Cc1cc(F)cc2c1CN(C(=O)c1n[nH]c3c1C[C@@H](C)O[C@H]3C)CC2. The van der Waals surface area contributed by atoms with E-state index >= 15 is 0 Å². The second-order valence-corrected chi connectivity index (χ2v) is 7.09. The lowest BCUT2D eigenvalue weighted by Gasteiger charge is -2.30. The lowest BCUT2D eigenvalue weighted by atomic mass is 9.94. The minimum absolute atomic E-state index is 0.0619. The highest BCUT2D eigenvalue weighted by atomic mass is 19.1. The van der Waals surface area contributed by atoms with Crippen molar-refractivity contribution < 1.29 is 13.9 Å². The van der Waals surface area contributed by atoms with Gasteiger partial charge in [-0.2, -0.15) is 5.10 Å². The van der Waals surface area contributed by atoms with Crippen LogP contribution in [0.2, 0.25) is 0 Å². The third kappa shape index (κ3) is 2.74. The lowest BCUT2D eigenvalue weighted by Crippen LogP contribution is -2.37. The Balaban J connectivity index is 1.63. The highest BCUT2D eigenvalue weighted by Crippen LogP contribution is 2.31. The Kier molecular flexibility index (Phi) is 3.87. The molecule has 2 aliphatic heterocycles.